The molecule has 0 bridgehead atoms. The Hall–Kier alpha value is -1.86. The fraction of sp³-hybridized carbons (Fsp3) is 0.500. The molecule has 3 rings (SSSR count). The average Bonchev–Trinajstić information content (AvgIpc) is 2.95. The van der Waals surface area contributed by atoms with Gasteiger partial charge < -0.3 is 20.7 Å². The number of ether oxygens (including phenoxy) is 1. The zero-order valence-electron chi connectivity index (χ0n) is 11.0. The summed E-state index contributed by atoms with van der Waals surface area (Å²) >= 11 is 0. The van der Waals surface area contributed by atoms with Gasteiger partial charge in [0.05, 0.1) is 6.33 Å². The molecule has 22 heavy (non-hydrogen) atoms. The quantitative estimate of drug-likeness (QED) is 0.457. The van der Waals surface area contributed by atoms with Gasteiger partial charge in [-0.2, -0.15) is 8.42 Å². The Kier molecular flexibility index (Phi) is 3.49. The molecule has 0 saturated carbocycles. The van der Waals surface area contributed by atoms with Crippen molar-refractivity contribution in [2.24, 2.45) is 0 Å². The SMILES string of the molecule is Nc1ncnc2c1ncn2[C@@H]1O[C@H](CS(=O)(=O)O)C(O)C1O. The summed E-state index contributed by atoms with van der Waals surface area (Å²) in [4.78, 5) is 11.7. The van der Waals surface area contributed by atoms with Crippen LogP contribution in [0.1, 0.15) is 6.23 Å². The first-order chi connectivity index (χ1) is 10.3. The largest absolute Gasteiger partial charge is 0.387 e. The minimum Gasteiger partial charge on any atom is -0.387 e. The number of nitrogens with zero attached hydrogens (tertiary/aromatic N) is 4. The van der Waals surface area contributed by atoms with E-state index < -0.39 is 40.4 Å². The van der Waals surface area contributed by atoms with Crippen molar-refractivity contribution in [2.75, 3.05) is 11.5 Å². The molecule has 5 N–H and O–H groups in total. The summed E-state index contributed by atoms with van der Waals surface area (Å²) in [5.74, 6) is -0.711. The summed E-state index contributed by atoms with van der Waals surface area (Å²) in [5, 5.41) is 19.9. The number of aliphatic hydroxyl groups is 2. The number of hydrogen-bond donors (Lipinski definition) is 4. The van der Waals surface area contributed by atoms with E-state index in [4.69, 9.17) is 15.0 Å². The molecule has 1 saturated heterocycles. The maximum atomic E-state index is 10.9. The van der Waals surface area contributed by atoms with Gasteiger partial charge in [-0.25, -0.2) is 15.0 Å². The lowest BCUT2D eigenvalue weighted by Gasteiger charge is -2.16. The van der Waals surface area contributed by atoms with Crippen LogP contribution in [0, 0.1) is 0 Å². The molecular formula is C10H13N5O6S. The fourth-order valence-electron chi connectivity index (χ4n) is 2.36. The van der Waals surface area contributed by atoms with Crippen LogP contribution in [0.15, 0.2) is 12.7 Å². The molecule has 0 spiro atoms. The van der Waals surface area contributed by atoms with Crippen molar-refractivity contribution >= 4 is 27.1 Å². The third kappa shape index (κ3) is 2.50. The molecule has 0 radical (unpaired) electrons. The monoisotopic (exact) mass is 331 g/mol. The Bertz CT molecular complexity index is 807. The van der Waals surface area contributed by atoms with Crippen LogP contribution < -0.4 is 5.73 Å². The van der Waals surface area contributed by atoms with Gasteiger partial charge in [0.25, 0.3) is 10.1 Å². The lowest BCUT2D eigenvalue weighted by atomic mass is 10.1. The Morgan fingerprint density at radius 3 is 2.68 bits per heavy atom. The van der Waals surface area contributed by atoms with Crippen LogP contribution in [0.25, 0.3) is 11.2 Å². The van der Waals surface area contributed by atoms with Gasteiger partial charge in [0.2, 0.25) is 0 Å². The number of imidazole rings is 1. The molecule has 11 nitrogen and oxygen atoms in total. The zero-order chi connectivity index (χ0) is 16.1. The summed E-state index contributed by atoms with van der Waals surface area (Å²) in [7, 11) is -4.37. The molecule has 1 aliphatic heterocycles. The van der Waals surface area contributed by atoms with E-state index in [1.165, 1.54) is 17.2 Å². The Morgan fingerprint density at radius 2 is 2.00 bits per heavy atom. The molecule has 2 aromatic heterocycles. The summed E-state index contributed by atoms with van der Waals surface area (Å²) in [6.45, 7) is 0. The molecule has 2 aromatic rings. The standard InChI is InChI=1S/C10H13N5O6S/c11-8-5-9(13-2-12-8)15(3-14-5)10-7(17)6(16)4(21-10)1-22(18,19)20/h2-4,6-7,10,16-17H,1H2,(H2,11,12,13)(H,18,19,20)/t4-,6?,7?,10-/m1/s1. The van der Waals surface area contributed by atoms with Crippen LogP contribution >= 0.6 is 0 Å². The van der Waals surface area contributed by atoms with E-state index in [0.29, 0.717) is 0 Å². The highest BCUT2D eigenvalue weighted by Gasteiger charge is 2.45. The van der Waals surface area contributed by atoms with Crippen molar-refractivity contribution in [2.45, 2.75) is 24.5 Å². The maximum Gasteiger partial charge on any atom is 0.267 e. The van der Waals surface area contributed by atoms with Crippen LogP contribution in [0.4, 0.5) is 5.82 Å². The van der Waals surface area contributed by atoms with Gasteiger partial charge in [0.15, 0.2) is 17.7 Å². The van der Waals surface area contributed by atoms with Crippen LogP contribution in [-0.2, 0) is 14.9 Å². The van der Waals surface area contributed by atoms with E-state index in [9.17, 15) is 18.6 Å². The summed E-state index contributed by atoms with van der Waals surface area (Å²) in [6.07, 6.45) is -2.85. The number of aromatic nitrogens is 4. The second kappa shape index (κ2) is 5.10. The molecule has 0 aliphatic carbocycles. The first-order valence-electron chi connectivity index (χ1n) is 6.17. The minimum atomic E-state index is -4.37. The fourth-order valence-corrected chi connectivity index (χ4v) is 3.05. The predicted molar refractivity (Wildman–Crippen MR) is 72.1 cm³/mol. The van der Waals surface area contributed by atoms with Crippen molar-refractivity contribution in [3.8, 4) is 0 Å². The molecule has 1 fully saturated rings. The predicted octanol–water partition coefficient (Wildman–Crippen LogP) is -2.08. The number of nitrogen functional groups attached to an aromatic ring is 1. The zero-order valence-corrected chi connectivity index (χ0v) is 11.8. The lowest BCUT2D eigenvalue weighted by Crippen LogP contribution is -2.35. The first-order valence-corrected chi connectivity index (χ1v) is 7.78. The Balaban J connectivity index is 1.96. The summed E-state index contributed by atoms with van der Waals surface area (Å²) < 4.78 is 37.3. The van der Waals surface area contributed by atoms with Gasteiger partial charge in [-0.05, 0) is 0 Å². The summed E-state index contributed by atoms with van der Waals surface area (Å²) in [6, 6.07) is 0. The third-order valence-electron chi connectivity index (χ3n) is 3.37. The van der Waals surface area contributed by atoms with Gasteiger partial charge in [0.1, 0.15) is 35.9 Å². The Labute approximate surface area is 124 Å². The topological polar surface area (TPSA) is 174 Å². The smallest absolute Gasteiger partial charge is 0.267 e. The molecular weight excluding hydrogens is 318 g/mol. The van der Waals surface area contributed by atoms with E-state index in [1.807, 2.05) is 0 Å². The van der Waals surface area contributed by atoms with E-state index in [0.717, 1.165) is 0 Å². The number of anilines is 1. The highest BCUT2D eigenvalue weighted by Crippen LogP contribution is 2.32. The van der Waals surface area contributed by atoms with E-state index in [-0.39, 0.29) is 17.0 Å². The van der Waals surface area contributed by atoms with Crippen LogP contribution in [0.3, 0.4) is 0 Å². The Morgan fingerprint density at radius 1 is 1.27 bits per heavy atom. The second-order valence-corrected chi connectivity index (χ2v) is 6.37. The van der Waals surface area contributed by atoms with E-state index >= 15 is 0 Å². The molecule has 3 heterocycles. The number of rotatable bonds is 3. The minimum absolute atomic E-state index is 0.131. The highest BCUT2D eigenvalue weighted by atomic mass is 32.2. The van der Waals surface area contributed by atoms with Crippen molar-refractivity contribution in [1.29, 1.82) is 0 Å². The van der Waals surface area contributed by atoms with Gasteiger partial charge in [-0.1, -0.05) is 0 Å². The van der Waals surface area contributed by atoms with Gasteiger partial charge in [-0.15, -0.1) is 0 Å². The van der Waals surface area contributed by atoms with Crippen molar-refractivity contribution in [3.05, 3.63) is 12.7 Å². The number of aliphatic hydroxyl groups excluding tert-OH is 2. The number of fused-ring (bicyclic) bond motifs is 1. The highest BCUT2D eigenvalue weighted by molar-refractivity contribution is 7.85. The normalized spacial score (nSPS) is 29.2. The van der Waals surface area contributed by atoms with Crippen LogP contribution in [0.2, 0.25) is 0 Å². The van der Waals surface area contributed by atoms with Crippen molar-refractivity contribution < 1.29 is 27.9 Å². The summed E-state index contributed by atoms with van der Waals surface area (Å²) in [5.41, 5.74) is 6.19. The molecule has 0 amide bonds. The number of hydrogen-bond acceptors (Lipinski definition) is 9. The van der Waals surface area contributed by atoms with Gasteiger partial charge in [0, 0.05) is 0 Å². The van der Waals surface area contributed by atoms with Crippen molar-refractivity contribution in [3.63, 3.8) is 0 Å². The molecule has 4 atom stereocenters. The molecule has 120 valence electrons. The molecule has 0 aromatic carbocycles. The maximum absolute atomic E-state index is 10.9. The van der Waals surface area contributed by atoms with Crippen LogP contribution in [0.5, 0.6) is 0 Å². The first kappa shape index (κ1) is 15.1. The van der Waals surface area contributed by atoms with E-state index in [2.05, 4.69) is 15.0 Å². The lowest BCUT2D eigenvalue weighted by molar-refractivity contribution is -0.0294. The van der Waals surface area contributed by atoms with E-state index in [1.54, 1.807) is 0 Å². The van der Waals surface area contributed by atoms with Gasteiger partial charge >= 0.3 is 0 Å². The van der Waals surface area contributed by atoms with Gasteiger partial charge in [-0.3, -0.25) is 9.12 Å². The second-order valence-electron chi connectivity index (χ2n) is 4.88. The third-order valence-corrected chi connectivity index (χ3v) is 4.12. The molecule has 12 heteroatoms. The number of nitrogens with two attached hydrogens (primary N) is 1. The van der Waals surface area contributed by atoms with Crippen LogP contribution in [-0.4, -0.2) is 66.8 Å². The molecule has 1 aliphatic rings. The molecule has 2 unspecified atom stereocenters. The average molecular weight is 331 g/mol. The van der Waals surface area contributed by atoms with Crippen molar-refractivity contribution in [1.82, 2.24) is 19.5 Å².